The number of anilines is 1. The number of nitrogens with one attached hydrogen (secondary N) is 3. The first-order valence-corrected chi connectivity index (χ1v) is 10.9. The van der Waals surface area contributed by atoms with E-state index in [0.29, 0.717) is 25.1 Å². The number of aryl methyl sites for hydroxylation is 1. The van der Waals surface area contributed by atoms with Crippen LogP contribution in [0, 0.1) is 0 Å². The van der Waals surface area contributed by atoms with Gasteiger partial charge in [-0.1, -0.05) is 30.3 Å². The number of rotatable bonds is 10. The van der Waals surface area contributed by atoms with E-state index in [2.05, 4.69) is 16.0 Å². The molecule has 0 aromatic heterocycles. The van der Waals surface area contributed by atoms with Crippen molar-refractivity contribution < 1.29 is 23.9 Å². The molecule has 178 valence electrons. The first-order valence-electron chi connectivity index (χ1n) is 10.9. The molecule has 2 aromatic carbocycles. The van der Waals surface area contributed by atoms with Gasteiger partial charge in [0.25, 0.3) is 0 Å². The highest BCUT2D eigenvalue weighted by atomic mass is 16.6. The summed E-state index contributed by atoms with van der Waals surface area (Å²) in [6, 6.07) is 14.9. The Bertz CT molecular complexity index is 953. The Balaban J connectivity index is 1.74. The average molecular weight is 456 g/mol. The summed E-state index contributed by atoms with van der Waals surface area (Å²) in [6.07, 6.45) is 0.493. The van der Waals surface area contributed by atoms with Crippen molar-refractivity contribution in [3.05, 3.63) is 59.7 Å². The molecule has 3 amide bonds. The van der Waals surface area contributed by atoms with Crippen molar-refractivity contribution in [1.82, 2.24) is 10.6 Å². The highest BCUT2D eigenvalue weighted by Crippen LogP contribution is 2.18. The molecule has 33 heavy (non-hydrogen) atoms. The molecule has 0 aliphatic carbocycles. The number of benzene rings is 2. The number of carbonyl (C=O) groups excluding carboxylic acids is 3. The smallest absolute Gasteiger partial charge is 0.407 e. The largest absolute Gasteiger partial charge is 0.496 e. The standard InChI is InChI=1S/C25H33N3O5/c1-25(2,3)33-24(31)26-15-14-23(30)28-20-10-7-8-18(16-20)17-27-22(29)13-12-19-9-5-6-11-21(19)32-4/h5-11,16H,12-15,17H2,1-4H3,(H,26,31)(H,27,29)(H,28,30). The fraction of sp³-hybridized carbons (Fsp3) is 0.400. The van der Waals surface area contributed by atoms with E-state index in [-0.39, 0.29) is 24.8 Å². The molecule has 0 unspecified atom stereocenters. The fourth-order valence-electron chi connectivity index (χ4n) is 3.02. The maximum absolute atomic E-state index is 12.2. The Morgan fingerprint density at radius 1 is 0.909 bits per heavy atom. The van der Waals surface area contributed by atoms with Crippen molar-refractivity contribution in [3.8, 4) is 5.75 Å². The van der Waals surface area contributed by atoms with Crippen LogP contribution in [0.1, 0.15) is 44.7 Å². The number of hydrogen-bond acceptors (Lipinski definition) is 5. The molecule has 8 heteroatoms. The second-order valence-electron chi connectivity index (χ2n) is 8.52. The van der Waals surface area contributed by atoms with Gasteiger partial charge in [-0.25, -0.2) is 4.79 Å². The minimum absolute atomic E-state index is 0.0661. The Morgan fingerprint density at radius 2 is 1.67 bits per heavy atom. The summed E-state index contributed by atoms with van der Waals surface area (Å²) < 4.78 is 10.4. The van der Waals surface area contributed by atoms with E-state index in [1.807, 2.05) is 36.4 Å². The van der Waals surface area contributed by atoms with Crippen molar-refractivity contribution in [2.45, 2.75) is 52.2 Å². The number of hydrogen-bond donors (Lipinski definition) is 3. The van der Waals surface area contributed by atoms with E-state index < -0.39 is 11.7 Å². The zero-order valence-corrected chi connectivity index (χ0v) is 19.7. The lowest BCUT2D eigenvalue weighted by atomic mass is 10.1. The zero-order valence-electron chi connectivity index (χ0n) is 19.7. The van der Waals surface area contributed by atoms with Crippen molar-refractivity contribution in [2.24, 2.45) is 0 Å². The number of alkyl carbamates (subject to hydrolysis) is 1. The monoisotopic (exact) mass is 455 g/mol. The molecule has 0 aliphatic rings. The van der Waals surface area contributed by atoms with Crippen LogP contribution in [0.25, 0.3) is 0 Å². The summed E-state index contributed by atoms with van der Waals surface area (Å²) in [5.74, 6) is 0.475. The Kier molecular flexibility index (Phi) is 9.72. The number of carbonyl (C=O) groups is 3. The predicted octanol–water partition coefficient (Wildman–Crippen LogP) is 3.80. The molecule has 0 spiro atoms. The molecule has 2 aromatic rings. The number of para-hydroxylation sites is 1. The molecule has 0 saturated heterocycles. The van der Waals surface area contributed by atoms with Gasteiger partial charge in [-0.15, -0.1) is 0 Å². The van der Waals surface area contributed by atoms with E-state index in [4.69, 9.17) is 9.47 Å². The van der Waals surface area contributed by atoms with E-state index in [9.17, 15) is 14.4 Å². The topological polar surface area (TPSA) is 106 Å². The van der Waals surface area contributed by atoms with Gasteiger partial charge in [-0.05, 0) is 56.5 Å². The van der Waals surface area contributed by atoms with Crippen LogP contribution in [0.4, 0.5) is 10.5 Å². The SMILES string of the molecule is COc1ccccc1CCC(=O)NCc1cccc(NC(=O)CCNC(=O)OC(C)(C)C)c1. The van der Waals surface area contributed by atoms with Gasteiger partial charge in [0.15, 0.2) is 0 Å². The molecule has 0 radical (unpaired) electrons. The second-order valence-corrected chi connectivity index (χ2v) is 8.52. The van der Waals surface area contributed by atoms with Gasteiger partial charge in [0, 0.05) is 31.6 Å². The summed E-state index contributed by atoms with van der Waals surface area (Å²) in [7, 11) is 1.61. The predicted molar refractivity (Wildman–Crippen MR) is 127 cm³/mol. The molecular weight excluding hydrogens is 422 g/mol. The number of amides is 3. The Labute approximate surface area is 195 Å². The molecule has 8 nitrogen and oxygen atoms in total. The first-order chi connectivity index (χ1) is 15.7. The zero-order chi connectivity index (χ0) is 24.3. The second kappa shape index (κ2) is 12.5. The molecule has 0 atom stereocenters. The molecule has 0 bridgehead atoms. The Morgan fingerprint density at radius 3 is 2.39 bits per heavy atom. The first kappa shape index (κ1) is 25.7. The van der Waals surface area contributed by atoms with Crippen LogP contribution in [-0.4, -0.2) is 37.2 Å². The van der Waals surface area contributed by atoms with Crippen LogP contribution in [0.3, 0.4) is 0 Å². The quantitative estimate of drug-likeness (QED) is 0.505. The van der Waals surface area contributed by atoms with Crippen molar-refractivity contribution in [1.29, 1.82) is 0 Å². The third-order valence-electron chi connectivity index (χ3n) is 4.53. The summed E-state index contributed by atoms with van der Waals surface area (Å²) >= 11 is 0. The van der Waals surface area contributed by atoms with Gasteiger partial charge in [-0.2, -0.15) is 0 Å². The van der Waals surface area contributed by atoms with Crippen LogP contribution >= 0.6 is 0 Å². The van der Waals surface area contributed by atoms with Gasteiger partial charge in [0.05, 0.1) is 7.11 Å². The van der Waals surface area contributed by atoms with Crippen LogP contribution in [0.2, 0.25) is 0 Å². The third kappa shape index (κ3) is 10.1. The van der Waals surface area contributed by atoms with Crippen LogP contribution in [0.5, 0.6) is 5.75 Å². The van der Waals surface area contributed by atoms with Gasteiger partial charge < -0.3 is 25.4 Å². The maximum atomic E-state index is 12.2. The summed E-state index contributed by atoms with van der Waals surface area (Å²) in [5.41, 5.74) is 1.89. The minimum Gasteiger partial charge on any atom is -0.496 e. The fourth-order valence-corrected chi connectivity index (χ4v) is 3.02. The number of methoxy groups -OCH3 is 1. The van der Waals surface area contributed by atoms with E-state index in [1.54, 1.807) is 40.0 Å². The molecule has 0 aliphatic heterocycles. The summed E-state index contributed by atoms with van der Waals surface area (Å²) in [4.78, 5) is 36.0. The maximum Gasteiger partial charge on any atom is 0.407 e. The van der Waals surface area contributed by atoms with Gasteiger partial charge >= 0.3 is 6.09 Å². The lowest BCUT2D eigenvalue weighted by Gasteiger charge is -2.19. The molecular formula is C25H33N3O5. The van der Waals surface area contributed by atoms with Crippen LogP contribution in [-0.2, 0) is 27.3 Å². The van der Waals surface area contributed by atoms with E-state index in [0.717, 1.165) is 16.9 Å². The molecule has 0 saturated carbocycles. The molecule has 2 rings (SSSR count). The lowest BCUT2D eigenvalue weighted by molar-refractivity contribution is -0.121. The van der Waals surface area contributed by atoms with Crippen molar-refractivity contribution in [3.63, 3.8) is 0 Å². The third-order valence-corrected chi connectivity index (χ3v) is 4.53. The molecule has 0 fully saturated rings. The summed E-state index contributed by atoms with van der Waals surface area (Å²) in [5, 5.41) is 8.25. The molecule has 0 heterocycles. The Hall–Kier alpha value is -3.55. The van der Waals surface area contributed by atoms with Crippen LogP contribution in [0.15, 0.2) is 48.5 Å². The minimum atomic E-state index is -0.587. The highest BCUT2D eigenvalue weighted by molar-refractivity contribution is 5.91. The van der Waals surface area contributed by atoms with Crippen LogP contribution < -0.4 is 20.7 Å². The van der Waals surface area contributed by atoms with Crippen molar-refractivity contribution >= 4 is 23.6 Å². The van der Waals surface area contributed by atoms with E-state index in [1.165, 1.54) is 0 Å². The number of ether oxygens (including phenoxy) is 2. The van der Waals surface area contributed by atoms with Gasteiger partial charge in [-0.3, -0.25) is 9.59 Å². The summed E-state index contributed by atoms with van der Waals surface area (Å²) in [6.45, 7) is 5.84. The van der Waals surface area contributed by atoms with Crippen molar-refractivity contribution in [2.75, 3.05) is 19.0 Å². The normalized spacial score (nSPS) is 10.8. The lowest BCUT2D eigenvalue weighted by Crippen LogP contribution is -2.34. The highest BCUT2D eigenvalue weighted by Gasteiger charge is 2.16. The van der Waals surface area contributed by atoms with Gasteiger partial charge in [0.2, 0.25) is 11.8 Å². The molecule has 3 N–H and O–H groups in total. The average Bonchev–Trinajstić information content (AvgIpc) is 2.75. The van der Waals surface area contributed by atoms with Gasteiger partial charge in [0.1, 0.15) is 11.4 Å². The van der Waals surface area contributed by atoms with E-state index >= 15 is 0 Å².